The molecule has 3 N–H and O–H groups in total. The zero-order valence-electron chi connectivity index (χ0n) is 12.4. The third kappa shape index (κ3) is 4.05. The highest BCUT2D eigenvalue weighted by Crippen LogP contribution is 2.28. The standard InChI is InChI=1S/C17H28N2/c1-13-7-6-8-14(2)17(13)12-16(19-18)11-15-9-4-3-5-10-15/h6-8,15-16,19H,3-5,9-12,18H2,1-2H3. The summed E-state index contributed by atoms with van der Waals surface area (Å²) in [5.74, 6) is 6.66. The van der Waals surface area contributed by atoms with Gasteiger partial charge in [-0.15, -0.1) is 0 Å². The molecule has 106 valence electrons. The van der Waals surface area contributed by atoms with Crippen molar-refractivity contribution in [2.75, 3.05) is 0 Å². The predicted octanol–water partition coefficient (Wildman–Crippen LogP) is 3.65. The van der Waals surface area contributed by atoms with E-state index < -0.39 is 0 Å². The Kier molecular flexibility index (Phi) is 5.41. The van der Waals surface area contributed by atoms with Crippen LogP contribution in [0.4, 0.5) is 0 Å². The Morgan fingerprint density at radius 1 is 1.16 bits per heavy atom. The SMILES string of the molecule is Cc1cccc(C)c1CC(CC1CCCCC1)NN. The van der Waals surface area contributed by atoms with Gasteiger partial charge in [0, 0.05) is 6.04 Å². The average Bonchev–Trinajstić information content (AvgIpc) is 2.43. The monoisotopic (exact) mass is 260 g/mol. The lowest BCUT2D eigenvalue weighted by molar-refractivity contribution is 0.297. The summed E-state index contributed by atoms with van der Waals surface area (Å²) in [5.41, 5.74) is 7.31. The Morgan fingerprint density at radius 2 is 1.79 bits per heavy atom. The van der Waals surface area contributed by atoms with Crippen molar-refractivity contribution >= 4 is 0 Å². The minimum absolute atomic E-state index is 0.419. The van der Waals surface area contributed by atoms with Gasteiger partial charge in [0.05, 0.1) is 0 Å². The van der Waals surface area contributed by atoms with Gasteiger partial charge in [-0.25, -0.2) is 0 Å². The van der Waals surface area contributed by atoms with E-state index in [1.165, 1.54) is 55.2 Å². The highest BCUT2D eigenvalue weighted by molar-refractivity contribution is 5.34. The molecule has 0 bridgehead atoms. The fourth-order valence-electron chi connectivity index (χ4n) is 3.45. The highest BCUT2D eigenvalue weighted by atomic mass is 15.2. The zero-order chi connectivity index (χ0) is 13.7. The number of hydrogen-bond acceptors (Lipinski definition) is 2. The first-order valence-electron chi connectivity index (χ1n) is 7.72. The molecule has 1 aliphatic rings. The summed E-state index contributed by atoms with van der Waals surface area (Å²) >= 11 is 0. The molecule has 0 aromatic heterocycles. The Balaban J connectivity index is 1.98. The van der Waals surface area contributed by atoms with E-state index >= 15 is 0 Å². The number of hydrazine groups is 1. The van der Waals surface area contributed by atoms with Crippen molar-refractivity contribution in [2.45, 2.75) is 64.8 Å². The molecule has 0 saturated heterocycles. The molecular formula is C17H28N2. The van der Waals surface area contributed by atoms with Crippen LogP contribution in [-0.2, 0) is 6.42 Å². The van der Waals surface area contributed by atoms with Crippen LogP contribution in [0.5, 0.6) is 0 Å². The summed E-state index contributed by atoms with van der Waals surface area (Å²) in [4.78, 5) is 0. The summed E-state index contributed by atoms with van der Waals surface area (Å²) in [6, 6.07) is 6.97. The molecule has 0 heterocycles. The van der Waals surface area contributed by atoms with E-state index in [0.29, 0.717) is 6.04 Å². The number of aryl methyl sites for hydroxylation is 2. The average molecular weight is 260 g/mol. The van der Waals surface area contributed by atoms with Gasteiger partial charge in [0.2, 0.25) is 0 Å². The van der Waals surface area contributed by atoms with Crippen molar-refractivity contribution in [1.29, 1.82) is 0 Å². The molecular weight excluding hydrogens is 232 g/mol. The first-order valence-corrected chi connectivity index (χ1v) is 7.72. The topological polar surface area (TPSA) is 38.0 Å². The normalized spacial score (nSPS) is 18.5. The van der Waals surface area contributed by atoms with Crippen LogP contribution in [-0.4, -0.2) is 6.04 Å². The number of nitrogens with two attached hydrogens (primary N) is 1. The van der Waals surface area contributed by atoms with Gasteiger partial charge >= 0.3 is 0 Å². The van der Waals surface area contributed by atoms with Crippen LogP contribution in [0.15, 0.2) is 18.2 Å². The molecule has 0 spiro atoms. The zero-order valence-corrected chi connectivity index (χ0v) is 12.4. The molecule has 1 unspecified atom stereocenters. The van der Waals surface area contributed by atoms with Gasteiger partial charge in [0.25, 0.3) is 0 Å². The summed E-state index contributed by atoms with van der Waals surface area (Å²) in [7, 11) is 0. The van der Waals surface area contributed by atoms with Gasteiger partial charge in [-0.05, 0) is 49.3 Å². The van der Waals surface area contributed by atoms with Crippen LogP contribution >= 0.6 is 0 Å². The molecule has 2 rings (SSSR count). The smallest absolute Gasteiger partial charge is 0.0253 e. The van der Waals surface area contributed by atoms with Gasteiger partial charge < -0.3 is 0 Å². The predicted molar refractivity (Wildman–Crippen MR) is 81.9 cm³/mol. The van der Waals surface area contributed by atoms with E-state index in [2.05, 4.69) is 37.5 Å². The van der Waals surface area contributed by atoms with Crippen molar-refractivity contribution < 1.29 is 0 Å². The van der Waals surface area contributed by atoms with Gasteiger partial charge in [-0.1, -0.05) is 50.3 Å². The first-order chi connectivity index (χ1) is 9.20. The minimum atomic E-state index is 0.419. The number of hydrogen-bond donors (Lipinski definition) is 2. The second kappa shape index (κ2) is 7.06. The molecule has 1 fully saturated rings. The maximum absolute atomic E-state index is 5.79. The van der Waals surface area contributed by atoms with Gasteiger partial charge in [0.15, 0.2) is 0 Å². The van der Waals surface area contributed by atoms with Crippen LogP contribution in [0, 0.1) is 19.8 Å². The van der Waals surface area contributed by atoms with Gasteiger partial charge in [0.1, 0.15) is 0 Å². The summed E-state index contributed by atoms with van der Waals surface area (Å²) in [6.07, 6.45) is 9.32. The maximum atomic E-state index is 5.79. The highest BCUT2D eigenvalue weighted by Gasteiger charge is 2.19. The third-order valence-electron chi connectivity index (χ3n) is 4.67. The first kappa shape index (κ1) is 14.5. The molecule has 0 aliphatic heterocycles. The van der Waals surface area contributed by atoms with E-state index in [0.717, 1.165) is 12.3 Å². The van der Waals surface area contributed by atoms with Crippen molar-refractivity contribution in [1.82, 2.24) is 5.43 Å². The quantitative estimate of drug-likeness (QED) is 0.626. The van der Waals surface area contributed by atoms with Crippen molar-refractivity contribution in [3.8, 4) is 0 Å². The molecule has 1 aromatic carbocycles. The van der Waals surface area contributed by atoms with Crippen LogP contribution < -0.4 is 11.3 Å². The summed E-state index contributed by atoms with van der Waals surface area (Å²) in [5, 5.41) is 0. The molecule has 2 nitrogen and oxygen atoms in total. The van der Waals surface area contributed by atoms with E-state index in [9.17, 15) is 0 Å². The van der Waals surface area contributed by atoms with Crippen LogP contribution in [0.2, 0.25) is 0 Å². The molecule has 0 radical (unpaired) electrons. The number of rotatable bonds is 5. The van der Waals surface area contributed by atoms with E-state index in [-0.39, 0.29) is 0 Å². The van der Waals surface area contributed by atoms with E-state index in [1.807, 2.05) is 0 Å². The maximum Gasteiger partial charge on any atom is 0.0253 e. The lowest BCUT2D eigenvalue weighted by Gasteiger charge is -2.27. The van der Waals surface area contributed by atoms with Crippen LogP contribution in [0.25, 0.3) is 0 Å². The lowest BCUT2D eigenvalue weighted by Crippen LogP contribution is -2.38. The van der Waals surface area contributed by atoms with E-state index in [4.69, 9.17) is 5.84 Å². The van der Waals surface area contributed by atoms with Crippen molar-refractivity contribution in [2.24, 2.45) is 11.8 Å². The minimum Gasteiger partial charge on any atom is -0.271 e. The Hall–Kier alpha value is -0.860. The Labute approximate surface area is 117 Å². The fourth-order valence-corrected chi connectivity index (χ4v) is 3.45. The Bertz CT molecular complexity index is 374. The largest absolute Gasteiger partial charge is 0.271 e. The number of benzene rings is 1. The lowest BCUT2D eigenvalue weighted by atomic mass is 9.83. The van der Waals surface area contributed by atoms with Gasteiger partial charge in [-0.3, -0.25) is 11.3 Å². The van der Waals surface area contributed by atoms with Gasteiger partial charge in [-0.2, -0.15) is 0 Å². The molecule has 2 heteroatoms. The van der Waals surface area contributed by atoms with Crippen LogP contribution in [0.3, 0.4) is 0 Å². The number of nitrogens with one attached hydrogen (secondary N) is 1. The third-order valence-corrected chi connectivity index (χ3v) is 4.67. The van der Waals surface area contributed by atoms with Crippen molar-refractivity contribution in [3.05, 3.63) is 34.9 Å². The molecule has 1 aliphatic carbocycles. The molecule has 0 amide bonds. The van der Waals surface area contributed by atoms with E-state index in [1.54, 1.807) is 0 Å². The summed E-state index contributed by atoms with van der Waals surface area (Å²) < 4.78 is 0. The fraction of sp³-hybridized carbons (Fsp3) is 0.647. The molecule has 1 aromatic rings. The van der Waals surface area contributed by atoms with Crippen molar-refractivity contribution in [3.63, 3.8) is 0 Å². The second-order valence-corrected chi connectivity index (χ2v) is 6.18. The molecule has 19 heavy (non-hydrogen) atoms. The summed E-state index contributed by atoms with van der Waals surface area (Å²) in [6.45, 7) is 4.41. The Morgan fingerprint density at radius 3 is 2.37 bits per heavy atom. The van der Waals surface area contributed by atoms with Crippen LogP contribution in [0.1, 0.15) is 55.2 Å². The molecule has 1 atom stereocenters. The molecule has 1 saturated carbocycles. The second-order valence-electron chi connectivity index (χ2n) is 6.18.